The number of nitrogens with one attached hydrogen (secondary N) is 2. The van der Waals surface area contributed by atoms with Crippen LogP contribution in [0.3, 0.4) is 0 Å². The Morgan fingerprint density at radius 3 is 1.06 bits per heavy atom. The monoisotopic (exact) mass is 2410 g/mol. The fourth-order valence-corrected chi connectivity index (χ4v) is 24.2. The van der Waals surface area contributed by atoms with E-state index in [0.717, 1.165) is 136 Å². The first-order valence-corrected chi connectivity index (χ1v) is 54.8. The smallest absolute Gasteiger partial charge is 1.00 e. The summed E-state index contributed by atoms with van der Waals surface area (Å²) in [6.45, 7) is 41.8. The van der Waals surface area contributed by atoms with E-state index < -0.39 is 68.5 Å². The number of hydrogen-bond acceptors (Lipinski definition) is 27. The summed E-state index contributed by atoms with van der Waals surface area (Å²) < 4.78 is 97.9. The minimum Gasteiger partial charge on any atom is -1.00 e. The Bertz CT molecular complexity index is 4320. The number of thiophene rings is 5. The Hall–Kier alpha value is -0.434. The second kappa shape index (κ2) is 56.7. The van der Waals surface area contributed by atoms with Gasteiger partial charge in [-0.05, 0) is 343 Å². The summed E-state index contributed by atoms with van der Waals surface area (Å²) in [4.78, 5) is 65.7. The van der Waals surface area contributed by atoms with Gasteiger partial charge in [-0.2, -0.15) is 18.2 Å². The molecule has 6 N–H and O–H groups in total. The van der Waals surface area contributed by atoms with Crippen molar-refractivity contribution in [2.24, 2.45) is 15.9 Å². The third-order valence-electron chi connectivity index (χ3n) is 20.5. The van der Waals surface area contributed by atoms with Crippen molar-refractivity contribution in [3.63, 3.8) is 0 Å². The summed E-state index contributed by atoms with van der Waals surface area (Å²) in [5.74, 6) is -0.489. The van der Waals surface area contributed by atoms with Crippen LogP contribution in [0.5, 0.6) is 0 Å². The Labute approximate surface area is 890 Å². The van der Waals surface area contributed by atoms with Crippen LogP contribution in [0.4, 0.5) is 14.4 Å². The Morgan fingerprint density at radius 1 is 0.455 bits per heavy atom. The molecular weight excluding hydrogens is 2280 g/mol. The second-order valence-electron chi connectivity index (χ2n) is 39.2. The van der Waals surface area contributed by atoms with Crippen molar-refractivity contribution in [2.45, 2.75) is 345 Å². The van der Waals surface area contributed by atoms with E-state index in [4.69, 9.17) is 58.8 Å². The van der Waals surface area contributed by atoms with E-state index in [9.17, 15) is 32.4 Å². The van der Waals surface area contributed by atoms with Crippen LogP contribution in [0.1, 0.15) is 286 Å². The molecule has 2 unspecified atom stereocenters. The molecule has 3 spiro atoms. The number of hydrogen-bond donors (Lipinski definition) is 4. The molecular formula is C91H143Br6Cl2MgN7O18S7. The molecule has 5 aliphatic carbocycles. The maximum atomic E-state index is 12.8. The molecule has 41 heteroatoms. The number of carbonyl (C=O) groups is 5. The van der Waals surface area contributed by atoms with Crippen molar-refractivity contribution in [2.75, 3.05) is 67.8 Å². The van der Waals surface area contributed by atoms with Gasteiger partial charge in [-0.15, -0.1) is 69.1 Å². The van der Waals surface area contributed by atoms with Gasteiger partial charge < -0.3 is 87.7 Å². The van der Waals surface area contributed by atoms with Gasteiger partial charge in [0.15, 0.2) is 23.7 Å². The third-order valence-corrected chi connectivity index (χ3v) is 33.5. The SMILES string of the molecule is Brc1csc(Br)c1.CC(C)(C)OC(=O)NC1(c2cc(Br)cs2)CCC(=O)CC1.CC(C)(C)OC(=O)OC(=O)OC(C)(C)C.CC(C)(C)S(=O)N=C1CCC2(CC1)OCCO2.CC(C)(C)S(=O)NC1(c2cc(Br)cs2)CCC2(CC1)OCCO2.CN(C)C(OC(C)(C)C)N(C)C.C[CH-]C.Cl.NC1(c2cc(Br)cs2)CCC(=O)CC1.NC1(c2cc(Br)cs2)CCC2(CC1)OCCO2.[Cl-].[Mg+2]. The molecule has 5 aromatic rings. The van der Waals surface area contributed by atoms with Gasteiger partial charge in [-0.25, -0.2) is 27.5 Å². The normalized spacial score (nSPS) is 20.9. The van der Waals surface area contributed by atoms with Crippen molar-refractivity contribution >= 4 is 245 Å². The van der Waals surface area contributed by atoms with Crippen LogP contribution in [-0.4, -0.2) is 200 Å². The molecule has 0 radical (unpaired) electrons. The van der Waals surface area contributed by atoms with Crippen LogP contribution < -0.4 is 33.9 Å². The molecule has 132 heavy (non-hydrogen) atoms. The standard InChI is InChI=1S/C16H24BrNO3S2.C15H20BrNO3S.C12H16BrNO2S.C12H21NO3S.C10H12BrNOS.C10H18O5.C9H22N2O.C4H2Br2S.C3H7.2ClH.Mg/c1-14(2,3)23(19)18-15(13-10-12(17)11-22-13)4-6-16(7-5-15)20-8-9-21-16;1-14(2,3)20-13(19)17-15(6-4-11(18)5-7-15)12-8-10(16)9-21-12;13-9-7-10(17-8-9)11(14)1-3-12(4-2-11)15-5-6-16-12;1-11(2,3)17(14)13-10-4-6-12(7-5-10)15-8-9-16-12;11-7-5-9(14-6-7)10(12)3-1-8(13)2-4-10;1-9(2,3)14-7(11)13-8(12)15-10(4,5)6;1-9(2,3)12-8(10(4)5)11(6)7;5-3-1-4(6)7-2-3;1-3-2;;;/h10-11,18H,4-9H2,1-3H3;8-9H,4-7H2,1-3H3,(H,17,19);7-8H,1-6,14H2;4-9H2,1-3H3;5-6H,1-4,12H2;1-6H3;8H,1-7H3;1-2H;3H,1-2H3;2*1H;/q;;;;;;;;-1;;;+2/p-1. The zero-order valence-electron chi connectivity index (χ0n) is 81.3. The summed E-state index contributed by atoms with van der Waals surface area (Å²) in [6.07, 6.45) is 15.0. The average Bonchev–Trinajstić information content (AvgIpc) is 1.50. The molecule has 3 saturated heterocycles. The molecule has 3 aliphatic heterocycles. The van der Waals surface area contributed by atoms with E-state index >= 15 is 0 Å². The number of amides is 1. The number of carbonyl (C=O) groups excluding carboxylic acids is 5. The molecule has 0 aromatic carbocycles. The molecule has 2 atom stereocenters. The quantitative estimate of drug-likeness (QED) is 0.0238. The molecule has 8 fully saturated rings. The van der Waals surface area contributed by atoms with Crippen LogP contribution in [0.25, 0.3) is 0 Å². The first-order chi connectivity index (χ1) is 59.5. The molecule has 8 heterocycles. The number of halogens is 8. The molecule has 25 nitrogen and oxygen atoms in total. The maximum Gasteiger partial charge on any atom is 2.00 e. The first-order valence-electron chi connectivity index (χ1n) is 43.4. The summed E-state index contributed by atoms with van der Waals surface area (Å²) in [5.41, 5.74) is 10.6. The number of ether oxygens (including phenoxy) is 11. The largest absolute Gasteiger partial charge is 2.00 e. The number of alkyl carbamates (subject to hydrolysis) is 1. The van der Waals surface area contributed by atoms with E-state index in [0.29, 0.717) is 70.7 Å². The zero-order valence-corrected chi connectivity index (χ0v) is 99.5. The van der Waals surface area contributed by atoms with Crippen molar-refractivity contribution in [1.29, 1.82) is 0 Å². The zero-order chi connectivity index (χ0) is 97.2. The van der Waals surface area contributed by atoms with Gasteiger partial charge in [0.05, 0.1) is 91.7 Å². The van der Waals surface area contributed by atoms with E-state index in [1.165, 1.54) is 18.4 Å². The second-order valence-corrected chi connectivity index (χ2v) is 53.6. The minimum absolute atomic E-state index is 0. The van der Waals surface area contributed by atoms with Gasteiger partial charge in [-0.1, -0.05) is 0 Å². The third kappa shape index (κ3) is 45.2. The molecule has 13 rings (SSSR count). The minimum atomic E-state index is -1.14. The predicted octanol–water partition coefficient (Wildman–Crippen LogP) is 22.1. The molecule has 5 saturated carbocycles. The van der Waals surface area contributed by atoms with Gasteiger partial charge in [0, 0.05) is 139 Å². The fraction of sp³-hybridized carbons (Fsp3) is 0.703. The first kappa shape index (κ1) is 128. The Kier molecular flexibility index (Phi) is 54.8. The average molecular weight is 2420 g/mol. The van der Waals surface area contributed by atoms with E-state index in [-0.39, 0.29) is 103 Å². The summed E-state index contributed by atoms with van der Waals surface area (Å²) in [7, 11) is 5.78. The van der Waals surface area contributed by atoms with Crippen LogP contribution in [0, 0.1) is 6.42 Å². The number of rotatable bonds is 11. The van der Waals surface area contributed by atoms with E-state index in [1.54, 1.807) is 98.2 Å². The molecule has 750 valence electrons. The number of ketones is 2. The summed E-state index contributed by atoms with van der Waals surface area (Å²) >= 11 is 28.9. The van der Waals surface area contributed by atoms with Gasteiger partial charge in [0.2, 0.25) is 0 Å². The Morgan fingerprint density at radius 2 is 0.773 bits per heavy atom. The van der Waals surface area contributed by atoms with Crippen molar-refractivity contribution < 1.29 is 96.9 Å². The molecule has 8 aliphatic rings. The summed E-state index contributed by atoms with van der Waals surface area (Å²) in [5, 5.41) is 13.3. The fourth-order valence-electron chi connectivity index (χ4n) is 14.0. The number of nitrogens with two attached hydrogens (primary N) is 2. The molecule has 0 bridgehead atoms. The number of Topliss-reactive ketones (excluding diaryl/α,β-unsaturated/α-hetero) is 2. The number of nitrogens with zero attached hydrogens (tertiary/aromatic N) is 3. The van der Waals surface area contributed by atoms with Gasteiger partial charge in [0.25, 0.3) is 0 Å². The van der Waals surface area contributed by atoms with Crippen LogP contribution in [0.15, 0.2) is 87.8 Å². The van der Waals surface area contributed by atoms with Crippen LogP contribution >= 0.6 is 165 Å². The summed E-state index contributed by atoms with van der Waals surface area (Å²) in [6, 6.07) is 10.4. The van der Waals surface area contributed by atoms with Crippen molar-refractivity contribution in [3.05, 3.63) is 109 Å². The van der Waals surface area contributed by atoms with E-state index in [2.05, 4.69) is 164 Å². The predicted molar refractivity (Wildman–Crippen MR) is 559 cm³/mol. The molecule has 5 aromatic heterocycles. The maximum absolute atomic E-state index is 12.8. The topological polar surface area (TPSA) is 316 Å². The van der Waals surface area contributed by atoms with Gasteiger partial charge >= 0.3 is 41.5 Å². The Balaban J connectivity index is 0.000000514. The van der Waals surface area contributed by atoms with E-state index in [1.807, 2.05) is 149 Å². The molecule has 1 amide bonds. The van der Waals surface area contributed by atoms with Gasteiger partial charge in [0.1, 0.15) is 39.4 Å². The van der Waals surface area contributed by atoms with Crippen molar-refractivity contribution in [1.82, 2.24) is 19.8 Å². The van der Waals surface area contributed by atoms with Crippen LogP contribution in [0.2, 0.25) is 0 Å². The van der Waals surface area contributed by atoms with Crippen LogP contribution in [-0.2, 0) is 106 Å². The van der Waals surface area contributed by atoms with Gasteiger partial charge in [-0.3, -0.25) is 19.4 Å². The van der Waals surface area contributed by atoms with Crippen molar-refractivity contribution in [3.8, 4) is 0 Å².